The number of nitrogens with zero attached hydrogens (tertiary/aromatic N) is 2. The predicted molar refractivity (Wildman–Crippen MR) is 176 cm³/mol. The Kier molecular flexibility index (Phi) is 5.16. The number of benzene rings is 6. The van der Waals surface area contributed by atoms with Crippen LogP contribution >= 0.6 is 0 Å². The molecule has 0 saturated heterocycles. The molecule has 4 nitrogen and oxygen atoms in total. The van der Waals surface area contributed by atoms with Crippen molar-refractivity contribution in [3.8, 4) is 11.1 Å². The molecular formula is C39H24N2O2. The molecule has 6 aromatic carbocycles. The molecule has 0 fully saturated rings. The van der Waals surface area contributed by atoms with E-state index >= 15 is 0 Å². The summed E-state index contributed by atoms with van der Waals surface area (Å²) in [4.78, 5) is 6.96. The van der Waals surface area contributed by atoms with E-state index < -0.39 is 0 Å². The lowest BCUT2D eigenvalue weighted by Crippen LogP contribution is -2.09. The average Bonchev–Trinajstić information content (AvgIpc) is 3.64. The third-order valence-electron chi connectivity index (χ3n) is 8.30. The number of hydrogen-bond donors (Lipinski definition) is 0. The van der Waals surface area contributed by atoms with Crippen molar-refractivity contribution in [1.82, 2.24) is 4.98 Å². The molecule has 0 bridgehead atoms. The van der Waals surface area contributed by atoms with E-state index in [2.05, 4.69) is 113 Å². The summed E-state index contributed by atoms with van der Waals surface area (Å²) < 4.78 is 12.7. The van der Waals surface area contributed by atoms with Gasteiger partial charge in [0.15, 0.2) is 0 Å². The quantitative estimate of drug-likeness (QED) is 0.218. The molecule has 0 unspecified atom stereocenters. The topological polar surface area (TPSA) is 42.4 Å². The normalized spacial score (nSPS) is 11.7. The van der Waals surface area contributed by atoms with Crippen LogP contribution < -0.4 is 4.90 Å². The fourth-order valence-electron chi connectivity index (χ4n) is 6.22. The van der Waals surface area contributed by atoms with Crippen LogP contribution in [0.15, 0.2) is 155 Å². The zero-order valence-corrected chi connectivity index (χ0v) is 23.1. The van der Waals surface area contributed by atoms with E-state index in [1.807, 2.05) is 42.6 Å². The Labute approximate surface area is 247 Å². The van der Waals surface area contributed by atoms with E-state index in [4.69, 9.17) is 8.83 Å². The minimum absolute atomic E-state index is 0.825. The molecule has 0 amide bonds. The van der Waals surface area contributed by atoms with Crippen LogP contribution in [0.2, 0.25) is 0 Å². The second-order valence-corrected chi connectivity index (χ2v) is 10.8. The fourth-order valence-corrected chi connectivity index (χ4v) is 6.22. The van der Waals surface area contributed by atoms with E-state index in [9.17, 15) is 0 Å². The second-order valence-electron chi connectivity index (χ2n) is 10.8. The van der Waals surface area contributed by atoms with Gasteiger partial charge in [0, 0.05) is 56.3 Å². The Bertz CT molecular complexity index is 2450. The van der Waals surface area contributed by atoms with E-state index in [0.717, 1.165) is 71.8 Å². The van der Waals surface area contributed by atoms with Gasteiger partial charge in [0.1, 0.15) is 22.3 Å². The lowest BCUT2D eigenvalue weighted by Gasteiger charge is -2.25. The van der Waals surface area contributed by atoms with Crippen LogP contribution in [0.1, 0.15) is 0 Å². The SMILES string of the molecule is c1ccc(-c2ccc(N(c3ccc4c(c3)oc3c5ccccc5ncc43)c3ccc4oc5ccccc5c4c3)cc2)cc1. The maximum atomic E-state index is 6.54. The van der Waals surface area contributed by atoms with Gasteiger partial charge >= 0.3 is 0 Å². The monoisotopic (exact) mass is 552 g/mol. The number of furan rings is 2. The molecule has 202 valence electrons. The molecule has 0 spiro atoms. The fraction of sp³-hybridized carbons (Fsp3) is 0. The van der Waals surface area contributed by atoms with Crippen molar-refractivity contribution in [3.63, 3.8) is 0 Å². The Hall–Kier alpha value is -5.87. The Morgan fingerprint density at radius 3 is 1.95 bits per heavy atom. The Morgan fingerprint density at radius 2 is 1.07 bits per heavy atom. The molecule has 43 heavy (non-hydrogen) atoms. The average molecular weight is 553 g/mol. The van der Waals surface area contributed by atoms with Gasteiger partial charge in [-0.2, -0.15) is 0 Å². The van der Waals surface area contributed by atoms with Crippen molar-refractivity contribution in [2.45, 2.75) is 0 Å². The third kappa shape index (κ3) is 3.81. The highest BCUT2D eigenvalue weighted by Crippen LogP contribution is 2.42. The number of anilines is 3. The lowest BCUT2D eigenvalue weighted by molar-refractivity contribution is 0.669. The standard InChI is InChI=1S/C39H24N2O2/c1-2-8-25(9-3-1)26-14-16-27(17-15-26)41(28-19-21-37-33(22-28)30-10-5-7-13-36(30)42-37)29-18-20-31-34-24-40-35-12-6-4-11-32(35)39(34)43-38(31)23-29/h1-24H. The second kappa shape index (κ2) is 9.33. The predicted octanol–water partition coefficient (Wildman–Crippen LogP) is 11.2. The third-order valence-corrected chi connectivity index (χ3v) is 8.30. The number of hydrogen-bond acceptors (Lipinski definition) is 4. The summed E-state index contributed by atoms with van der Waals surface area (Å²) >= 11 is 0. The molecule has 9 aromatic rings. The van der Waals surface area contributed by atoms with Gasteiger partial charge in [-0.05, 0) is 71.8 Å². The van der Waals surface area contributed by atoms with Gasteiger partial charge in [0.2, 0.25) is 0 Å². The number of aromatic nitrogens is 1. The van der Waals surface area contributed by atoms with Crippen molar-refractivity contribution >= 4 is 71.8 Å². The molecule has 0 radical (unpaired) electrons. The van der Waals surface area contributed by atoms with Gasteiger partial charge in [0.25, 0.3) is 0 Å². The van der Waals surface area contributed by atoms with Gasteiger partial charge in [0.05, 0.1) is 5.52 Å². The highest BCUT2D eigenvalue weighted by molar-refractivity contribution is 6.14. The molecular weight excluding hydrogens is 528 g/mol. The Morgan fingerprint density at radius 1 is 0.419 bits per heavy atom. The number of fused-ring (bicyclic) bond motifs is 8. The molecule has 3 heterocycles. The van der Waals surface area contributed by atoms with Crippen molar-refractivity contribution < 1.29 is 8.83 Å². The zero-order valence-electron chi connectivity index (χ0n) is 23.1. The van der Waals surface area contributed by atoms with E-state index in [1.54, 1.807) is 0 Å². The summed E-state index contributed by atoms with van der Waals surface area (Å²) in [7, 11) is 0. The van der Waals surface area contributed by atoms with Crippen molar-refractivity contribution in [2.24, 2.45) is 0 Å². The number of para-hydroxylation sites is 2. The minimum atomic E-state index is 0.825. The molecule has 0 aliphatic carbocycles. The summed E-state index contributed by atoms with van der Waals surface area (Å²) in [5, 5.41) is 5.27. The summed E-state index contributed by atoms with van der Waals surface area (Å²) in [5.41, 5.74) is 9.83. The van der Waals surface area contributed by atoms with Gasteiger partial charge < -0.3 is 13.7 Å². The number of rotatable bonds is 4. The molecule has 9 rings (SSSR count). The molecule has 0 N–H and O–H groups in total. The van der Waals surface area contributed by atoms with Crippen LogP contribution in [-0.4, -0.2) is 4.98 Å². The van der Waals surface area contributed by atoms with E-state index in [0.29, 0.717) is 0 Å². The van der Waals surface area contributed by atoms with Crippen molar-refractivity contribution in [1.29, 1.82) is 0 Å². The molecule has 0 aliphatic rings. The first-order chi connectivity index (χ1) is 21.3. The van der Waals surface area contributed by atoms with E-state index in [1.165, 1.54) is 11.1 Å². The molecule has 0 atom stereocenters. The molecule has 4 heteroatoms. The van der Waals surface area contributed by atoms with Crippen molar-refractivity contribution in [3.05, 3.63) is 146 Å². The zero-order chi connectivity index (χ0) is 28.3. The first kappa shape index (κ1) is 23.8. The van der Waals surface area contributed by atoms with Crippen LogP contribution in [-0.2, 0) is 0 Å². The van der Waals surface area contributed by atoms with Crippen LogP contribution in [0.4, 0.5) is 17.1 Å². The van der Waals surface area contributed by atoms with E-state index in [-0.39, 0.29) is 0 Å². The van der Waals surface area contributed by atoms with Crippen LogP contribution in [0.3, 0.4) is 0 Å². The smallest absolute Gasteiger partial charge is 0.146 e. The summed E-state index contributed by atoms with van der Waals surface area (Å²) in [6, 6.07) is 48.3. The van der Waals surface area contributed by atoms with Crippen LogP contribution in [0.25, 0.3) is 65.9 Å². The largest absolute Gasteiger partial charge is 0.456 e. The van der Waals surface area contributed by atoms with Crippen LogP contribution in [0, 0.1) is 0 Å². The highest BCUT2D eigenvalue weighted by atomic mass is 16.3. The summed E-state index contributed by atoms with van der Waals surface area (Å²) in [5.74, 6) is 0. The van der Waals surface area contributed by atoms with Crippen molar-refractivity contribution in [2.75, 3.05) is 4.90 Å². The maximum Gasteiger partial charge on any atom is 0.146 e. The summed E-state index contributed by atoms with van der Waals surface area (Å²) in [6.07, 6.45) is 1.92. The minimum Gasteiger partial charge on any atom is -0.456 e. The van der Waals surface area contributed by atoms with Crippen LogP contribution in [0.5, 0.6) is 0 Å². The first-order valence-electron chi connectivity index (χ1n) is 14.4. The van der Waals surface area contributed by atoms with Gasteiger partial charge in [-0.3, -0.25) is 4.98 Å². The van der Waals surface area contributed by atoms with Gasteiger partial charge in [-0.15, -0.1) is 0 Å². The maximum absolute atomic E-state index is 6.54. The molecule has 0 aliphatic heterocycles. The highest BCUT2D eigenvalue weighted by Gasteiger charge is 2.18. The van der Waals surface area contributed by atoms with Gasteiger partial charge in [-0.1, -0.05) is 72.8 Å². The Balaban J connectivity index is 1.24. The first-order valence-corrected chi connectivity index (χ1v) is 14.4. The molecule has 0 saturated carbocycles. The van der Waals surface area contributed by atoms with Gasteiger partial charge in [-0.25, -0.2) is 0 Å². The number of pyridine rings is 1. The lowest BCUT2D eigenvalue weighted by atomic mass is 10.0. The summed E-state index contributed by atoms with van der Waals surface area (Å²) in [6.45, 7) is 0. The molecule has 3 aromatic heterocycles.